The number of benzene rings is 2. The summed E-state index contributed by atoms with van der Waals surface area (Å²) >= 11 is 0. The largest absolute Gasteiger partial charge is 0.495 e. The SMILES string of the molecule is COc1ccccc1N1CCN(C(=O)CNS(=O)(=O)c2ccccc2F)CC1. The number of carbonyl (C=O) groups is 1. The molecule has 1 fully saturated rings. The zero-order valence-electron chi connectivity index (χ0n) is 15.5. The van der Waals surface area contributed by atoms with Gasteiger partial charge in [-0.3, -0.25) is 4.79 Å². The van der Waals surface area contributed by atoms with Gasteiger partial charge >= 0.3 is 0 Å². The van der Waals surface area contributed by atoms with Gasteiger partial charge in [0, 0.05) is 26.2 Å². The van der Waals surface area contributed by atoms with Crippen molar-refractivity contribution in [3.63, 3.8) is 0 Å². The Labute approximate surface area is 163 Å². The average molecular weight is 407 g/mol. The van der Waals surface area contributed by atoms with E-state index in [1.54, 1.807) is 12.0 Å². The third kappa shape index (κ3) is 4.42. The maximum atomic E-state index is 13.7. The summed E-state index contributed by atoms with van der Waals surface area (Å²) in [7, 11) is -2.48. The van der Waals surface area contributed by atoms with Crippen molar-refractivity contribution < 1.29 is 22.3 Å². The predicted octanol–water partition coefficient (Wildman–Crippen LogP) is 1.46. The maximum Gasteiger partial charge on any atom is 0.243 e. The number of carbonyl (C=O) groups excluding carboxylic acids is 1. The van der Waals surface area contributed by atoms with E-state index < -0.39 is 27.3 Å². The van der Waals surface area contributed by atoms with Gasteiger partial charge in [0.2, 0.25) is 15.9 Å². The lowest BCUT2D eigenvalue weighted by Gasteiger charge is -2.36. The van der Waals surface area contributed by atoms with Crippen LogP contribution < -0.4 is 14.4 Å². The van der Waals surface area contributed by atoms with Crippen LogP contribution in [0.25, 0.3) is 0 Å². The molecule has 0 radical (unpaired) electrons. The third-order valence-electron chi connectivity index (χ3n) is 4.60. The predicted molar refractivity (Wildman–Crippen MR) is 103 cm³/mol. The van der Waals surface area contributed by atoms with Gasteiger partial charge in [0.15, 0.2) is 0 Å². The summed E-state index contributed by atoms with van der Waals surface area (Å²) in [5.41, 5.74) is 0.956. The van der Waals surface area contributed by atoms with E-state index in [1.165, 1.54) is 12.1 Å². The van der Waals surface area contributed by atoms with Gasteiger partial charge in [0.1, 0.15) is 16.5 Å². The Kier molecular flexibility index (Phi) is 6.15. The van der Waals surface area contributed by atoms with Crippen LogP contribution in [0, 0.1) is 5.82 Å². The van der Waals surface area contributed by atoms with Crippen LogP contribution in [-0.4, -0.2) is 59.1 Å². The number of anilines is 1. The molecule has 1 amide bonds. The monoisotopic (exact) mass is 407 g/mol. The fraction of sp³-hybridized carbons (Fsp3) is 0.316. The number of ether oxygens (including phenoxy) is 1. The Morgan fingerprint density at radius 2 is 1.71 bits per heavy atom. The molecule has 0 bridgehead atoms. The van der Waals surface area contributed by atoms with E-state index >= 15 is 0 Å². The number of nitrogens with zero attached hydrogens (tertiary/aromatic N) is 2. The van der Waals surface area contributed by atoms with Gasteiger partial charge in [0.25, 0.3) is 0 Å². The Bertz CT molecular complexity index is 944. The summed E-state index contributed by atoms with van der Waals surface area (Å²) in [5.74, 6) is -0.438. The molecule has 0 saturated carbocycles. The smallest absolute Gasteiger partial charge is 0.243 e. The second-order valence-corrected chi connectivity index (χ2v) is 8.03. The molecule has 28 heavy (non-hydrogen) atoms. The van der Waals surface area contributed by atoms with Crippen molar-refractivity contribution in [3.8, 4) is 5.75 Å². The van der Waals surface area contributed by atoms with Gasteiger partial charge in [-0.1, -0.05) is 24.3 Å². The van der Waals surface area contributed by atoms with E-state index in [2.05, 4.69) is 9.62 Å². The van der Waals surface area contributed by atoms with Crippen LogP contribution in [0.4, 0.5) is 10.1 Å². The number of piperazine rings is 1. The number of rotatable bonds is 6. The summed E-state index contributed by atoms with van der Waals surface area (Å²) in [5, 5.41) is 0. The minimum atomic E-state index is -4.09. The highest BCUT2D eigenvalue weighted by atomic mass is 32.2. The van der Waals surface area contributed by atoms with Gasteiger partial charge in [0.05, 0.1) is 19.3 Å². The number of halogens is 1. The van der Waals surface area contributed by atoms with E-state index in [0.717, 1.165) is 23.6 Å². The molecule has 2 aromatic carbocycles. The van der Waals surface area contributed by atoms with Crippen LogP contribution in [0.1, 0.15) is 0 Å². The van der Waals surface area contributed by atoms with Gasteiger partial charge in [-0.2, -0.15) is 0 Å². The van der Waals surface area contributed by atoms with E-state index in [-0.39, 0.29) is 5.91 Å². The number of amides is 1. The Hall–Kier alpha value is -2.65. The molecular weight excluding hydrogens is 385 g/mol. The lowest BCUT2D eigenvalue weighted by molar-refractivity contribution is -0.130. The number of hydrogen-bond donors (Lipinski definition) is 1. The topological polar surface area (TPSA) is 79.0 Å². The molecule has 1 aliphatic rings. The molecule has 1 N–H and O–H groups in total. The van der Waals surface area contributed by atoms with E-state index in [9.17, 15) is 17.6 Å². The minimum Gasteiger partial charge on any atom is -0.495 e. The zero-order chi connectivity index (χ0) is 20.1. The second-order valence-electron chi connectivity index (χ2n) is 6.29. The molecule has 0 aliphatic carbocycles. The molecule has 7 nitrogen and oxygen atoms in total. The molecule has 1 saturated heterocycles. The lowest BCUT2D eigenvalue weighted by Crippen LogP contribution is -2.51. The summed E-state index contributed by atoms with van der Waals surface area (Å²) in [6.07, 6.45) is 0. The molecule has 150 valence electrons. The highest BCUT2D eigenvalue weighted by Gasteiger charge is 2.25. The van der Waals surface area contributed by atoms with Crippen LogP contribution in [0.3, 0.4) is 0 Å². The van der Waals surface area contributed by atoms with Crippen molar-refractivity contribution in [1.29, 1.82) is 0 Å². The lowest BCUT2D eigenvalue weighted by atomic mass is 10.2. The first kappa shape index (κ1) is 20.1. The molecule has 0 unspecified atom stereocenters. The Balaban J connectivity index is 1.56. The van der Waals surface area contributed by atoms with Gasteiger partial charge in [-0.05, 0) is 24.3 Å². The average Bonchev–Trinajstić information content (AvgIpc) is 2.72. The van der Waals surface area contributed by atoms with Crippen molar-refractivity contribution in [3.05, 3.63) is 54.3 Å². The molecule has 9 heteroatoms. The first-order valence-corrected chi connectivity index (χ1v) is 10.3. The van der Waals surface area contributed by atoms with E-state index in [4.69, 9.17) is 4.74 Å². The summed E-state index contributed by atoms with van der Waals surface area (Å²) in [6.45, 7) is 1.71. The molecule has 3 rings (SSSR count). The fourth-order valence-electron chi connectivity index (χ4n) is 3.10. The molecule has 1 heterocycles. The van der Waals surface area contributed by atoms with Crippen molar-refractivity contribution in [2.45, 2.75) is 4.90 Å². The van der Waals surface area contributed by atoms with E-state index in [1.807, 2.05) is 24.3 Å². The van der Waals surface area contributed by atoms with Crippen LogP contribution in [0.15, 0.2) is 53.4 Å². The van der Waals surface area contributed by atoms with Gasteiger partial charge < -0.3 is 14.5 Å². The standard InChI is InChI=1S/C19H22FN3O4S/c1-27-17-8-4-3-7-16(17)22-10-12-23(13-11-22)19(24)14-21-28(25,26)18-9-5-2-6-15(18)20/h2-9,21H,10-14H2,1H3. The molecule has 2 aromatic rings. The van der Waals surface area contributed by atoms with Crippen molar-refractivity contribution in [1.82, 2.24) is 9.62 Å². The Morgan fingerprint density at radius 1 is 1.07 bits per heavy atom. The zero-order valence-corrected chi connectivity index (χ0v) is 16.3. The fourth-order valence-corrected chi connectivity index (χ4v) is 4.15. The minimum absolute atomic E-state index is 0.348. The first-order valence-electron chi connectivity index (χ1n) is 8.82. The molecule has 0 spiro atoms. The number of hydrogen-bond acceptors (Lipinski definition) is 5. The van der Waals surface area contributed by atoms with Crippen molar-refractivity contribution in [2.75, 3.05) is 44.7 Å². The number of sulfonamides is 1. The highest BCUT2D eigenvalue weighted by molar-refractivity contribution is 7.89. The van der Waals surface area contributed by atoms with Crippen LogP contribution >= 0.6 is 0 Å². The summed E-state index contributed by atoms with van der Waals surface area (Å²) < 4.78 is 45.7. The number of methoxy groups -OCH3 is 1. The third-order valence-corrected chi connectivity index (χ3v) is 6.03. The van der Waals surface area contributed by atoms with Crippen molar-refractivity contribution >= 4 is 21.6 Å². The molecular formula is C19H22FN3O4S. The maximum absolute atomic E-state index is 13.7. The van der Waals surface area contributed by atoms with E-state index in [0.29, 0.717) is 26.2 Å². The Morgan fingerprint density at radius 3 is 2.39 bits per heavy atom. The van der Waals surface area contributed by atoms with Crippen LogP contribution in [-0.2, 0) is 14.8 Å². The van der Waals surface area contributed by atoms with Gasteiger partial charge in [-0.15, -0.1) is 0 Å². The second kappa shape index (κ2) is 8.57. The number of para-hydroxylation sites is 2. The number of nitrogens with one attached hydrogen (secondary N) is 1. The normalized spacial score (nSPS) is 14.8. The highest BCUT2D eigenvalue weighted by Crippen LogP contribution is 2.28. The molecule has 1 aliphatic heterocycles. The summed E-state index contributed by atoms with van der Waals surface area (Å²) in [6, 6.07) is 12.7. The van der Waals surface area contributed by atoms with Crippen molar-refractivity contribution in [2.24, 2.45) is 0 Å². The molecule has 0 atom stereocenters. The first-order chi connectivity index (χ1) is 13.4. The van der Waals surface area contributed by atoms with Crippen LogP contribution in [0.2, 0.25) is 0 Å². The molecule has 0 aromatic heterocycles. The van der Waals surface area contributed by atoms with Crippen LogP contribution in [0.5, 0.6) is 5.75 Å². The van der Waals surface area contributed by atoms with Gasteiger partial charge in [-0.25, -0.2) is 17.5 Å². The summed E-state index contributed by atoms with van der Waals surface area (Å²) in [4.78, 5) is 15.6. The quantitative estimate of drug-likeness (QED) is 0.785.